The second-order valence-corrected chi connectivity index (χ2v) is 3.98. The Kier molecular flexibility index (Phi) is 6.07. The van der Waals surface area contributed by atoms with Crippen LogP contribution in [0.3, 0.4) is 0 Å². The summed E-state index contributed by atoms with van der Waals surface area (Å²) in [4.78, 5) is 11.8. The molecule has 0 bridgehead atoms. The molecule has 0 aliphatic rings. The number of alkyl halides is 3. The van der Waals surface area contributed by atoms with Crippen LogP contribution in [0.4, 0.5) is 13.2 Å². The Bertz CT molecular complexity index is 515. The number of carbonyl (C=O) groups excluding carboxylic acids is 1. The average molecular weight is 285 g/mol. The first kappa shape index (κ1) is 16.1. The molecule has 0 atom stereocenters. The van der Waals surface area contributed by atoms with E-state index in [1.807, 2.05) is 0 Å². The zero-order chi connectivity index (χ0) is 15.0. The SMILES string of the molecule is O=C(NCCCC(F)(F)F)c1ccccc1C#CCO. The van der Waals surface area contributed by atoms with E-state index in [9.17, 15) is 18.0 Å². The topological polar surface area (TPSA) is 49.3 Å². The van der Waals surface area contributed by atoms with Crippen LogP contribution in [0.2, 0.25) is 0 Å². The van der Waals surface area contributed by atoms with Crippen molar-refractivity contribution in [3.8, 4) is 11.8 Å². The summed E-state index contributed by atoms with van der Waals surface area (Å²) < 4.78 is 35.9. The number of carbonyl (C=O) groups is 1. The Hall–Kier alpha value is -2.00. The van der Waals surface area contributed by atoms with E-state index in [2.05, 4.69) is 17.2 Å². The van der Waals surface area contributed by atoms with Gasteiger partial charge in [-0.2, -0.15) is 13.2 Å². The van der Waals surface area contributed by atoms with E-state index in [-0.39, 0.29) is 25.1 Å². The lowest BCUT2D eigenvalue weighted by atomic mass is 10.1. The van der Waals surface area contributed by atoms with Crippen molar-refractivity contribution in [3.05, 3.63) is 35.4 Å². The van der Waals surface area contributed by atoms with Crippen LogP contribution in [0.5, 0.6) is 0 Å². The second-order valence-electron chi connectivity index (χ2n) is 3.98. The molecular weight excluding hydrogens is 271 g/mol. The predicted octanol–water partition coefficient (Wildman–Crippen LogP) is 2.10. The molecule has 1 rings (SSSR count). The molecule has 0 unspecified atom stereocenters. The Labute approximate surface area is 114 Å². The molecular formula is C14H14F3NO2. The maximum absolute atomic E-state index is 12.0. The Morgan fingerprint density at radius 2 is 2.00 bits per heavy atom. The third-order valence-corrected chi connectivity index (χ3v) is 2.40. The fourth-order valence-electron chi connectivity index (χ4n) is 1.51. The summed E-state index contributed by atoms with van der Waals surface area (Å²) in [5.41, 5.74) is 0.704. The van der Waals surface area contributed by atoms with Gasteiger partial charge in [-0.25, -0.2) is 0 Å². The molecule has 0 fully saturated rings. The Balaban J connectivity index is 2.60. The highest BCUT2D eigenvalue weighted by atomic mass is 19.4. The van der Waals surface area contributed by atoms with Gasteiger partial charge in [-0.1, -0.05) is 24.0 Å². The van der Waals surface area contributed by atoms with Crippen LogP contribution in [0.15, 0.2) is 24.3 Å². The molecule has 2 N–H and O–H groups in total. The lowest BCUT2D eigenvalue weighted by molar-refractivity contribution is -0.135. The standard InChI is InChI=1S/C14H14F3NO2/c15-14(16,17)8-4-9-18-13(20)12-7-2-1-5-11(12)6-3-10-19/h1-2,5,7,19H,4,8-10H2,(H,18,20). The molecule has 0 aromatic heterocycles. The van der Waals surface area contributed by atoms with Crippen LogP contribution >= 0.6 is 0 Å². The van der Waals surface area contributed by atoms with Crippen LogP contribution in [0, 0.1) is 11.8 Å². The van der Waals surface area contributed by atoms with E-state index in [1.54, 1.807) is 18.2 Å². The van der Waals surface area contributed by atoms with Gasteiger partial charge in [-0.3, -0.25) is 4.79 Å². The smallest absolute Gasteiger partial charge is 0.384 e. The molecule has 0 aliphatic carbocycles. The van der Waals surface area contributed by atoms with E-state index in [0.29, 0.717) is 5.56 Å². The number of amides is 1. The maximum atomic E-state index is 12.0. The number of benzene rings is 1. The van der Waals surface area contributed by atoms with Crippen LogP contribution in [-0.2, 0) is 0 Å². The minimum absolute atomic E-state index is 0.0555. The van der Waals surface area contributed by atoms with E-state index < -0.39 is 18.5 Å². The van der Waals surface area contributed by atoms with Gasteiger partial charge >= 0.3 is 6.18 Å². The number of aliphatic hydroxyl groups excluding tert-OH is 1. The zero-order valence-electron chi connectivity index (χ0n) is 10.6. The Morgan fingerprint density at radius 3 is 2.65 bits per heavy atom. The van der Waals surface area contributed by atoms with E-state index in [0.717, 1.165) is 0 Å². The summed E-state index contributed by atoms with van der Waals surface area (Å²) in [5, 5.41) is 11.0. The first-order chi connectivity index (χ1) is 9.44. The molecule has 108 valence electrons. The van der Waals surface area contributed by atoms with Gasteiger partial charge in [-0.05, 0) is 18.6 Å². The van der Waals surface area contributed by atoms with E-state index >= 15 is 0 Å². The molecule has 0 radical (unpaired) electrons. The first-order valence-electron chi connectivity index (χ1n) is 5.98. The summed E-state index contributed by atoms with van der Waals surface area (Å²) in [5.74, 6) is 4.56. The third-order valence-electron chi connectivity index (χ3n) is 2.40. The van der Waals surface area contributed by atoms with Crippen LogP contribution in [-0.4, -0.2) is 30.3 Å². The molecule has 0 saturated carbocycles. The number of nitrogens with one attached hydrogen (secondary N) is 1. The maximum Gasteiger partial charge on any atom is 0.389 e. The third kappa shape index (κ3) is 5.76. The van der Waals surface area contributed by atoms with Gasteiger partial charge in [0.05, 0.1) is 5.56 Å². The average Bonchev–Trinajstić information content (AvgIpc) is 2.40. The van der Waals surface area contributed by atoms with Crippen molar-refractivity contribution in [1.82, 2.24) is 5.32 Å². The molecule has 0 spiro atoms. The summed E-state index contributed by atoms with van der Waals surface area (Å²) >= 11 is 0. The summed E-state index contributed by atoms with van der Waals surface area (Å²) in [7, 11) is 0. The molecule has 6 heteroatoms. The molecule has 3 nitrogen and oxygen atoms in total. The van der Waals surface area contributed by atoms with E-state index in [1.165, 1.54) is 6.07 Å². The predicted molar refractivity (Wildman–Crippen MR) is 68.0 cm³/mol. The fourth-order valence-corrected chi connectivity index (χ4v) is 1.51. The number of hydrogen-bond donors (Lipinski definition) is 2. The summed E-state index contributed by atoms with van der Waals surface area (Å²) in [6, 6.07) is 6.45. The molecule has 0 saturated heterocycles. The van der Waals surface area contributed by atoms with Gasteiger partial charge in [0.15, 0.2) is 0 Å². The van der Waals surface area contributed by atoms with Crippen molar-refractivity contribution in [2.45, 2.75) is 19.0 Å². The molecule has 0 aliphatic heterocycles. The van der Waals surface area contributed by atoms with Gasteiger partial charge in [-0.15, -0.1) is 0 Å². The van der Waals surface area contributed by atoms with Gasteiger partial charge < -0.3 is 10.4 Å². The van der Waals surface area contributed by atoms with Gasteiger partial charge in [0.2, 0.25) is 0 Å². The van der Waals surface area contributed by atoms with Crippen molar-refractivity contribution < 1.29 is 23.1 Å². The lowest BCUT2D eigenvalue weighted by Crippen LogP contribution is -2.26. The summed E-state index contributed by atoms with van der Waals surface area (Å²) in [6.45, 7) is -0.387. The monoisotopic (exact) mass is 285 g/mol. The molecule has 0 heterocycles. The molecule has 1 amide bonds. The van der Waals surface area contributed by atoms with Gasteiger partial charge in [0.25, 0.3) is 5.91 Å². The van der Waals surface area contributed by atoms with Gasteiger partial charge in [0, 0.05) is 18.5 Å². The molecule has 20 heavy (non-hydrogen) atoms. The number of aliphatic hydroxyl groups is 1. The minimum atomic E-state index is -4.21. The number of rotatable bonds is 4. The lowest BCUT2D eigenvalue weighted by Gasteiger charge is -2.08. The highest BCUT2D eigenvalue weighted by Crippen LogP contribution is 2.20. The molecule has 1 aromatic carbocycles. The summed E-state index contributed by atoms with van der Waals surface area (Å²) in [6.07, 6.45) is -5.31. The largest absolute Gasteiger partial charge is 0.389 e. The minimum Gasteiger partial charge on any atom is -0.384 e. The highest BCUT2D eigenvalue weighted by Gasteiger charge is 2.26. The fraction of sp³-hybridized carbons (Fsp3) is 0.357. The van der Waals surface area contributed by atoms with Crippen molar-refractivity contribution in [2.24, 2.45) is 0 Å². The molecule has 1 aromatic rings. The Morgan fingerprint density at radius 1 is 1.30 bits per heavy atom. The van der Waals surface area contributed by atoms with Crippen molar-refractivity contribution in [2.75, 3.05) is 13.2 Å². The second kappa shape index (κ2) is 7.56. The number of halogens is 3. The normalized spacial score (nSPS) is 10.6. The zero-order valence-corrected chi connectivity index (χ0v) is 10.6. The number of hydrogen-bond acceptors (Lipinski definition) is 2. The van der Waals surface area contributed by atoms with Crippen molar-refractivity contribution in [1.29, 1.82) is 0 Å². The van der Waals surface area contributed by atoms with Gasteiger partial charge in [0.1, 0.15) is 6.61 Å². The van der Waals surface area contributed by atoms with E-state index in [4.69, 9.17) is 5.11 Å². The van der Waals surface area contributed by atoms with Crippen molar-refractivity contribution >= 4 is 5.91 Å². The van der Waals surface area contributed by atoms with Crippen LogP contribution in [0.25, 0.3) is 0 Å². The highest BCUT2D eigenvalue weighted by molar-refractivity contribution is 5.96. The van der Waals surface area contributed by atoms with Crippen LogP contribution in [0.1, 0.15) is 28.8 Å². The van der Waals surface area contributed by atoms with Crippen molar-refractivity contribution in [3.63, 3.8) is 0 Å². The van der Waals surface area contributed by atoms with Crippen LogP contribution < -0.4 is 5.32 Å². The first-order valence-corrected chi connectivity index (χ1v) is 5.98. The quantitative estimate of drug-likeness (QED) is 0.657.